The van der Waals surface area contributed by atoms with Crippen LogP contribution in [0.4, 0.5) is 0 Å². The predicted molar refractivity (Wildman–Crippen MR) is 122 cm³/mol. The fourth-order valence-corrected chi connectivity index (χ4v) is 5.74. The average Bonchev–Trinajstić information content (AvgIpc) is 3.48. The van der Waals surface area contributed by atoms with Crippen LogP contribution in [0.25, 0.3) is 49.7 Å². The lowest BCUT2D eigenvalue weighted by atomic mass is 9.97. The first-order chi connectivity index (χ1) is 15.4. The van der Waals surface area contributed by atoms with Crippen LogP contribution in [0.3, 0.4) is 0 Å². The molecule has 0 aliphatic heterocycles. The van der Waals surface area contributed by atoms with E-state index in [0.717, 1.165) is 40.2 Å². The Morgan fingerprint density at radius 2 is 1.48 bits per heavy atom. The topological polar surface area (TPSA) is 43.1 Å². The Labute approximate surface area is 177 Å². The van der Waals surface area contributed by atoms with E-state index in [1.165, 1.54) is 44.8 Å². The van der Waals surface area contributed by atoms with Gasteiger partial charge in [0.15, 0.2) is 0 Å². The molecule has 4 nitrogen and oxygen atoms in total. The SMILES string of the molecule is c1ccc2c(c1)Cc1c-2ccc2c1Cc1nc3c4ccncc4c4cnccc4n3c1-2. The van der Waals surface area contributed by atoms with Crippen LogP contribution in [-0.4, -0.2) is 19.4 Å². The van der Waals surface area contributed by atoms with E-state index >= 15 is 0 Å². The van der Waals surface area contributed by atoms with E-state index in [1.54, 1.807) is 0 Å². The highest BCUT2D eigenvalue weighted by Gasteiger charge is 2.31. The van der Waals surface area contributed by atoms with E-state index < -0.39 is 0 Å². The highest BCUT2D eigenvalue weighted by molar-refractivity contribution is 6.12. The number of nitrogens with zero attached hydrogens (tertiary/aromatic N) is 4. The van der Waals surface area contributed by atoms with Crippen LogP contribution in [0.5, 0.6) is 0 Å². The van der Waals surface area contributed by atoms with Gasteiger partial charge in [0, 0.05) is 52.9 Å². The molecule has 0 unspecified atom stereocenters. The van der Waals surface area contributed by atoms with Crippen LogP contribution in [-0.2, 0) is 12.8 Å². The van der Waals surface area contributed by atoms with Gasteiger partial charge in [0.05, 0.1) is 16.9 Å². The van der Waals surface area contributed by atoms with Gasteiger partial charge in [-0.3, -0.25) is 14.4 Å². The van der Waals surface area contributed by atoms with Crippen LogP contribution in [0.2, 0.25) is 0 Å². The molecule has 0 fully saturated rings. The molecule has 144 valence electrons. The van der Waals surface area contributed by atoms with E-state index in [9.17, 15) is 0 Å². The van der Waals surface area contributed by atoms with Crippen LogP contribution < -0.4 is 0 Å². The lowest BCUT2D eigenvalue weighted by Crippen LogP contribution is -1.96. The maximum Gasteiger partial charge on any atom is 0.146 e. The second kappa shape index (κ2) is 5.35. The molecule has 0 atom stereocenters. The number of aromatic nitrogens is 4. The number of hydrogen-bond acceptors (Lipinski definition) is 3. The Hall–Kier alpha value is -4.05. The summed E-state index contributed by atoms with van der Waals surface area (Å²) >= 11 is 0. The second-order valence-electron chi connectivity index (χ2n) is 8.51. The third-order valence-electron chi connectivity index (χ3n) is 7.05. The van der Waals surface area contributed by atoms with Crippen LogP contribution in [0.1, 0.15) is 22.4 Å². The highest BCUT2D eigenvalue weighted by Crippen LogP contribution is 2.47. The first-order valence-electron chi connectivity index (χ1n) is 10.6. The molecule has 0 N–H and O–H groups in total. The fraction of sp³-hybridized carbons (Fsp3) is 0.0741. The molecule has 2 aliphatic carbocycles. The minimum atomic E-state index is 0.892. The Morgan fingerprint density at radius 3 is 2.45 bits per heavy atom. The second-order valence-corrected chi connectivity index (χ2v) is 8.51. The molecule has 0 bridgehead atoms. The summed E-state index contributed by atoms with van der Waals surface area (Å²) in [5, 5.41) is 3.34. The summed E-state index contributed by atoms with van der Waals surface area (Å²) in [7, 11) is 0. The molecule has 0 saturated carbocycles. The molecule has 0 radical (unpaired) electrons. The minimum absolute atomic E-state index is 0.892. The van der Waals surface area contributed by atoms with Gasteiger partial charge >= 0.3 is 0 Å². The van der Waals surface area contributed by atoms with Crippen molar-refractivity contribution < 1.29 is 0 Å². The van der Waals surface area contributed by atoms with Gasteiger partial charge in [-0.1, -0.05) is 36.4 Å². The van der Waals surface area contributed by atoms with Crippen molar-refractivity contribution in [2.45, 2.75) is 12.8 Å². The summed E-state index contributed by atoms with van der Waals surface area (Å²) in [5.41, 5.74) is 13.0. The van der Waals surface area contributed by atoms with Crippen molar-refractivity contribution >= 4 is 27.3 Å². The van der Waals surface area contributed by atoms with Crippen molar-refractivity contribution in [3.63, 3.8) is 0 Å². The van der Waals surface area contributed by atoms with Gasteiger partial charge in [0.2, 0.25) is 0 Å². The standard InChI is InChI=1S/C27H16N4/c1-2-4-16-15(3-1)11-20-17(16)5-6-18-21(20)12-24-26(18)31-25-8-10-29-14-23(25)22-13-28-9-7-19(22)27(31)30-24/h1-10,13-14H,11-12H2. The van der Waals surface area contributed by atoms with Crippen molar-refractivity contribution in [2.24, 2.45) is 0 Å². The number of pyridine rings is 3. The first-order valence-corrected chi connectivity index (χ1v) is 10.6. The van der Waals surface area contributed by atoms with Crippen LogP contribution in [0, 0.1) is 0 Å². The maximum atomic E-state index is 5.18. The maximum absolute atomic E-state index is 5.18. The van der Waals surface area contributed by atoms with Crippen molar-refractivity contribution in [2.75, 3.05) is 0 Å². The number of fused-ring (bicyclic) bond motifs is 14. The molecule has 4 heterocycles. The first kappa shape index (κ1) is 15.7. The molecular formula is C27H16N4. The third kappa shape index (κ3) is 1.84. The molecule has 2 aliphatic rings. The molecule has 31 heavy (non-hydrogen) atoms. The number of hydrogen-bond donors (Lipinski definition) is 0. The fourth-order valence-electron chi connectivity index (χ4n) is 5.74. The molecule has 0 spiro atoms. The van der Waals surface area contributed by atoms with Gasteiger partial charge in [-0.05, 0) is 46.4 Å². The van der Waals surface area contributed by atoms with Crippen LogP contribution >= 0.6 is 0 Å². The molecule has 0 amide bonds. The molecule has 4 heteroatoms. The van der Waals surface area contributed by atoms with E-state index in [4.69, 9.17) is 4.98 Å². The molecule has 6 aromatic rings. The van der Waals surface area contributed by atoms with E-state index in [0.29, 0.717) is 0 Å². The lowest BCUT2D eigenvalue weighted by Gasteiger charge is -2.12. The Bertz CT molecular complexity index is 1740. The molecule has 0 saturated heterocycles. The number of benzene rings is 2. The molecule has 4 aromatic heterocycles. The molecule has 2 aromatic carbocycles. The van der Waals surface area contributed by atoms with Gasteiger partial charge in [-0.2, -0.15) is 0 Å². The number of rotatable bonds is 0. The van der Waals surface area contributed by atoms with Gasteiger partial charge in [0.25, 0.3) is 0 Å². The van der Waals surface area contributed by atoms with Crippen molar-refractivity contribution in [1.82, 2.24) is 19.4 Å². The Balaban J connectivity index is 1.49. The largest absolute Gasteiger partial charge is 0.291 e. The third-order valence-corrected chi connectivity index (χ3v) is 7.05. The smallest absolute Gasteiger partial charge is 0.146 e. The summed E-state index contributed by atoms with van der Waals surface area (Å²) in [6.45, 7) is 0. The zero-order chi connectivity index (χ0) is 20.1. The Morgan fingerprint density at radius 1 is 0.677 bits per heavy atom. The monoisotopic (exact) mass is 396 g/mol. The number of imidazole rings is 1. The van der Waals surface area contributed by atoms with E-state index in [-0.39, 0.29) is 0 Å². The van der Waals surface area contributed by atoms with Crippen molar-refractivity contribution in [1.29, 1.82) is 0 Å². The average molecular weight is 396 g/mol. The van der Waals surface area contributed by atoms with E-state index in [2.05, 4.69) is 62.9 Å². The zero-order valence-corrected chi connectivity index (χ0v) is 16.6. The predicted octanol–water partition coefficient (Wildman–Crippen LogP) is 5.57. The summed E-state index contributed by atoms with van der Waals surface area (Å²) < 4.78 is 2.34. The van der Waals surface area contributed by atoms with Gasteiger partial charge in [0.1, 0.15) is 5.65 Å². The summed E-state index contributed by atoms with van der Waals surface area (Å²) in [5.74, 6) is 0. The molecular weight excluding hydrogens is 380 g/mol. The quantitative estimate of drug-likeness (QED) is 0.315. The molecule has 8 rings (SSSR count). The van der Waals surface area contributed by atoms with Gasteiger partial charge < -0.3 is 0 Å². The van der Waals surface area contributed by atoms with Crippen molar-refractivity contribution in [3.05, 3.63) is 95.7 Å². The summed E-state index contributed by atoms with van der Waals surface area (Å²) in [6.07, 6.45) is 9.50. The zero-order valence-electron chi connectivity index (χ0n) is 16.6. The van der Waals surface area contributed by atoms with E-state index in [1.807, 2.05) is 24.8 Å². The lowest BCUT2D eigenvalue weighted by molar-refractivity contribution is 1.12. The van der Waals surface area contributed by atoms with Crippen LogP contribution in [0.15, 0.2) is 73.3 Å². The van der Waals surface area contributed by atoms with Crippen molar-refractivity contribution in [3.8, 4) is 22.4 Å². The highest BCUT2D eigenvalue weighted by atomic mass is 15.0. The summed E-state index contributed by atoms with van der Waals surface area (Å²) in [6, 6.07) is 17.6. The summed E-state index contributed by atoms with van der Waals surface area (Å²) in [4.78, 5) is 13.9. The van der Waals surface area contributed by atoms with Gasteiger partial charge in [-0.25, -0.2) is 4.98 Å². The normalized spacial score (nSPS) is 13.5. The van der Waals surface area contributed by atoms with Gasteiger partial charge in [-0.15, -0.1) is 0 Å². The minimum Gasteiger partial charge on any atom is -0.291 e. The Kier molecular flexibility index (Phi) is 2.72.